The number of carbonyl (C=O) groups is 2. The highest BCUT2D eigenvalue weighted by molar-refractivity contribution is 5.99. The van der Waals surface area contributed by atoms with E-state index < -0.39 is 5.91 Å². The van der Waals surface area contributed by atoms with Crippen LogP contribution in [-0.2, 0) is 4.79 Å². The third-order valence-corrected chi connectivity index (χ3v) is 3.33. The van der Waals surface area contributed by atoms with Gasteiger partial charge < -0.3 is 9.15 Å². The van der Waals surface area contributed by atoms with Crippen LogP contribution in [0.4, 0.5) is 0 Å². The van der Waals surface area contributed by atoms with Gasteiger partial charge in [0.25, 0.3) is 0 Å². The molecule has 0 spiro atoms. The van der Waals surface area contributed by atoms with Crippen LogP contribution in [-0.4, -0.2) is 18.4 Å². The molecule has 0 atom stereocenters. The number of aryl methyl sites for hydroxylation is 1. The summed E-state index contributed by atoms with van der Waals surface area (Å²) in [6.45, 7) is 8.14. The third-order valence-electron chi connectivity index (χ3n) is 3.33. The van der Waals surface area contributed by atoms with Crippen LogP contribution in [0.5, 0.6) is 5.75 Å². The molecule has 1 aromatic heterocycles. The van der Waals surface area contributed by atoms with Crippen molar-refractivity contribution in [2.24, 2.45) is 5.92 Å². The van der Waals surface area contributed by atoms with Gasteiger partial charge >= 0.3 is 5.91 Å². The molecule has 2 aromatic rings. The summed E-state index contributed by atoms with van der Waals surface area (Å²) >= 11 is 0. The number of fused-ring (bicyclic) bond motifs is 1. The average molecular weight is 318 g/mol. The second kappa shape index (κ2) is 7.17. The Balaban J connectivity index is 2.14. The van der Waals surface area contributed by atoms with E-state index in [2.05, 4.69) is 10.9 Å². The van der Waals surface area contributed by atoms with Gasteiger partial charge in [-0.1, -0.05) is 13.8 Å². The molecule has 6 nitrogen and oxygen atoms in total. The fraction of sp³-hybridized carbons (Fsp3) is 0.412. The van der Waals surface area contributed by atoms with Crippen molar-refractivity contribution in [1.82, 2.24) is 10.9 Å². The van der Waals surface area contributed by atoms with E-state index in [9.17, 15) is 9.59 Å². The number of amides is 2. The molecular weight excluding hydrogens is 296 g/mol. The molecule has 0 aliphatic rings. The van der Waals surface area contributed by atoms with Gasteiger partial charge in [0.15, 0.2) is 5.76 Å². The Morgan fingerprint density at radius 1 is 1.26 bits per heavy atom. The molecule has 0 unspecified atom stereocenters. The van der Waals surface area contributed by atoms with Crippen molar-refractivity contribution in [3.63, 3.8) is 0 Å². The molecule has 0 fully saturated rings. The second-order valence-corrected chi connectivity index (χ2v) is 5.75. The van der Waals surface area contributed by atoms with Crippen molar-refractivity contribution in [2.45, 2.75) is 34.1 Å². The van der Waals surface area contributed by atoms with Crippen LogP contribution >= 0.6 is 0 Å². The molecule has 0 saturated heterocycles. The first kappa shape index (κ1) is 16.9. The first-order valence-electron chi connectivity index (χ1n) is 7.67. The van der Waals surface area contributed by atoms with Gasteiger partial charge in [0.05, 0.1) is 6.61 Å². The van der Waals surface area contributed by atoms with Gasteiger partial charge in [0, 0.05) is 17.4 Å². The fourth-order valence-corrected chi connectivity index (χ4v) is 2.28. The maximum absolute atomic E-state index is 12.2. The maximum Gasteiger partial charge on any atom is 0.305 e. The molecule has 23 heavy (non-hydrogen) atoms. The molecule has 0 aliphatic heterocycles. The lowest BCUT2D eigenvalue weighted by Gasteiger charge is -2.07. The summed E-state index contributed by atoms with van der Waals surface area (Å²) < 4.78 is 11.0. The van der Waals surface area contributed by atoms with Gasteiger partial charge in [0.1, 0.15) is 11.3 Å². The smallest absolute Gasteiger partial charge is 0.305 e. The molecule has 2 amide bonds. The van der Waals surface area contributed by atoms with E-state index >= 15 is 0 Å². The number of benzene rings is 1. The number of hydrogen-bond donors (Lipinski definition) is 2. The molecule has 1 aromatic carbocycles. The lowest BCUT2D eigenvalue weighted by atomic mass is 10.1. The Morgan fingerprint density at radius 3 is 2.65 bits per heavy atom. The third kappa shape index (κ3) is 4.03. The van der Waals surface area contributed by atoms with Crippen LogP contribution in [0.2, 0.25) is 0 Å². The Bertz CT molecular complexity index is 719. The summed E-state index contributed by atoms with van der Waals surface area (Å²) in [4.78, 5) is 23.8. The van der Waals surface area contributed by atoms with Crippen molar-refractivity contribution in [2.75, 3.05) is 6.61 Å². The highest BCUT2D eigenvalue weighted by atomic mass is 16.5. The monoisotopic (exact) mass is 318 g/mol. The number of furan rings is 1. The van der Waals surface area contributed by atoms with Crippen LogP contribution in [0.25, 0.3) is 11.0 Å². The molecule has 2 rings (SSSR count). The van der Waals surface area contributed by atoms with E-state index in [1.165, 1.54) is 0 Å². The first-order valence-corrected chi connectivity index (χ1v) is 7.67. The highest BCUT2D eigenvalue weighted by Gasteiger charge is 2.18. The zero-order chi connectivity index (χ0) is 17.0. The largest absolute Gasteiger partial charge is 0.494 e. The van der Waals surface area contributed by atoms with Gasteiger partial charge in [-0.05, 0) is 38.0 Å². The van der Waals surface area contributed by atoms with Crippen molar-refractivity contribution >= 4 is 22.8 Å². The van der Waals surface area contributed by atoms with Crippen LogP contribution in [0, 0.1) is 12.8 Å². The Morgan fingerprint density at radius 2 is 2.00 bits per heavy atom. The van der Waals surface area contributed by atoms with Gasteiger partial charge in [-0.2, -0.15) is 0 Å². The SMILES string of the molecule is CCOc1ccc2oc(C(=O)NNC(=O)CC(C)C)c(C)c2c1. The van der Waals surface area contributed by atoms with Crippen LogP contribution < -0.4 is 15.6 Å². The van der Waals surface area contributed by atoms with Gasteiger partial charge in [-0.3, -0.25) is 20.4 Å². The molecule has 0 bridgehead atoms. The van der Waals surface area contributed by atoms with E-state index in [1.54, 1.807) is 19.1 Å². The molecule has 124 valence electrons. The van der Waals surface area contributed by atoms with Crippen molar-refractivity contribution in [3.8, 4) is 5.75 Å². The second-order valence-electron chi connectivity index (χ2n) is 5.75. The molecule has 1 heterocycles. The fourth-order valence-electron chi connectivity index (χ4n) is 2.28. The van der Waals surface area contributed by atoms with Crippen LogP contribution in [0.1, 0.15) is 43.3 Å². The van der Waals surface area contributed by atoms with E-state index in [0.29, 0.717) is 24.2 Å². The normalized spacial score (nSPS) is 10.8. The zero-order valence-electron chi connectivity index (χ0n) is 13.9. The molecule has 0 aliphatic carbocycles. The predicted molar refractivity (Wildman–Crippen MR) is 87.2 cm³/mol. The Kier molecular flexibility index (Phi) is 5.26. The summed E-state index contributed by atoms with van der Waals surface area (Å²) in [5.74, 6) is 0.408. The number of hydrogen-bond acceptors (Lipinski definition) is 4. The lowest BCUT2D eigenvalue weighted by molar-refractivity contribution is -0.122. The molecule has 6 heteroatoms. The topological polar surface area (TPSA) is 80.6 Å². The van der Waals surface area contributed by atoms with E-state index in [1.807, 2.05) is 26.8 Å². The molecule has 2 N–H and O–H groups in total. The van der Waals surface area contributed by atoms with Gasteiger partial charge in [-0.15, -0.1) is 0 Å². The number of carbonyl (C=O) groups excluding carboxylic acids is 2. The highest BCUT2D eigenvalue weighted by Crippen LogP contribution is 2.28. The number of rotatable bonds is 5. The Labute approximate surface area is 135 Å². The minimum absolute atomic E-state index is 0.179. The maximum atomic E-state index is 12.2. The van der Waals surface area contributed by atoms with Gasteiger partial charge in [-0.25, -0.2) is 0 Å². The van der Waals surface area contributed by atoms with Crippen molar-refractivity contribution in [1.29, 1.82) is 0 Å². The minimum atomic E-state index is -0.478. The molecular formula is C17H22N2O4. The molecule has 0 saturated carbocycles. The quantitative estimate of drug-likeness (QED) is 0.831. The van der Waals surface area contributed by atoms with E-state index in [-0.39, 0.29) is 17.6 Å². The Hall–Kier alpha value is -2.50. The predicted octanol–water partition coefficient (Wildman–Crippen LogP) is 2.95. The van der Waals surface area contributed by atoms with E-state index in [4.69, 9.17) is 9.15 Å². The molecule has 0 radical (unpaired) electrons. The lowest BCUT2D eigenvalue weighted by Crippen LogP contribution is -2.42. The van der Waals surface area contributed by atoms with Crippen molar-refractivity contribution < 1.29 is 18.7 Å². The summed E-state index contributed by atoms with van der Waals surface area (Å²) in [5, 5.41) is 0.814. The van der Waals surface area contributed by atoms with Crippen LogP contribution in [0.15, 0.2) is 22.6 Å². The van der Waals surface area contributed by atoms with Gasteiger partial charge in [0.2, 0.25) is 5.91 Å². The summed E-state index contributed by atoms with van der Waals surface area (Å²) in [5.41, 5.74) is 6.08. The number of nitrogens with one attached hydrogen (secondary N) is 2. The summed E-state index contributed by atoms with van der Waals surface area (Å²) in [6, 6.07) is 5.40. The van der Waals surface area contributed by atoms with Crippen LogP contribution in [0.3, 0.4) is 0 Å². The number of hydrazine groups is 1. The van der Waals surface area contributed by atoms with Crippen molar-refractivity contribution in [3.05, 3.63) is 29.5 Å². The number of ether oxygens (including phenoxy) is 1. The average Bonchev–Trinajstić information content (AvgIpc) is 2.82. The zero-order valence-corrected chi connectivity index (χ0v) is 13.9. The van der Waals surface area contributed by atoms with E-state index in [0.717, 1.165) is 11.1 Å². The minimum Gasteiger partial charge on any atom is -0.494 e. The first-order chi connectivity index (χ1) is 10.9. The standard InChI is InChI=1S/C17H22N2O4/c1-5-22-12-6-7-14-13(9-12)11(4)16(23-14)17(21)19-18-15(20)8-10(2)3/h6-7,9-10H,5,8H2,1-4H3,(H,18,20)(H,19,21). The summed E-state index contributed by atoms with van der Waals surface area (Å²) in [6.07, 6.45) is 0.344. The summed E-state index contributed by atoms with van der Waals surface area (Å²) in [7, 11) is 0.